The van der Waals surface area contributed by atoms with Crippen molar-refractivity contribution in [1.29, 1.82) is 0 Å². The molecule has 0 unspecified atom stereocenters. The zero-order chi connectivity index (χ0) is 15.1. The molecule has 2 rings (SSSR count). The van der Waals surface area contributed by atoms with Crippen LogP contribution in [0.3, 0.4) is 0 Å². The highest BCUT2D eigenvalue weighted by Crippen LogP contribution is 2.18. The topological polar surface area (TPSA) is 38.3 Å². The van der Waals surface area contributed by atoms with E-state index < -0.39 is 0 Å². The molecule has 2 aromatic carbocycles. The third kappa shape index (κ3) is 4.79. The van der Waals surface area contributed by atoms with Gasteiger partial charge in [0.25, 0.3) is 0 Å². The molecule has 0 aliphatic carbocycles. The van der Waals surface area contributed by atoms with E-state index in [0.29, 0.717) is 22.8 Å². The summed E-state index contributed by atoms with van der Waals surface area (Å²) >= 11 is 1.37. The van der Waals surface area contributed by atoms with Crippen LogP contribution in [0, 0.1) is 5.82 Å². The van der Waals surface area contributed by atoms with Gasteiger partial charge in [0.2, 0.25) is 5.91 Å². The SMILES string of the molecule is COc1cccc(NC(=O)CSCc2ccccc2F)c1. The molecule has 0 atom stereocenters. The van der Waals surface area contributed by atoms with Crippen molar-refractivity contribution in [2.75, 3.05) is 18.2 Å². The third-order valence-electron chi connectivity index (χ3n) is 2.80. The van der Waals surface area contributed by atoms with Crippen LogP contribution < -0.4 is 10.1 Å². The molecular weight excluding hydrogens is 289 g/mol. The summed E-state index contributed by atoms with van der Waals surface area (Å²) in [5.41, 5.74) is 1.29. The molecule has 0 bridgehead atoms. The molecule has 110 valence electrons. The normalized spacial score (nSPS) is 10.2. The summed E-state index contributed by atoms with van der Waals surface area (Å²) in [6, 6.07) is 13.7. The second-order valence-corrected chi connectivity index (χ2v) is 5.35. The van der Waals surface area contributed by atoms with Crippen LogP contribution in [-0.4, -0.2) is 18.8 Å². The Morgan fingerprint density at radius 1 is 1.24 bits per heavy atom. The number of rotatable bonds is 6. The van der Waals surface area contributed by atoms with Gasteiger partial charge in [-0.1, -0.05) is 24.3 Å². The Hall–Kier alpha value is -2.01. The van der Waals surface area contributed by atoms with Crippen molar-refractivity contribution in [2.45, 2.75) is 5.75 Å². The predicted molar refractivity (Wildman–Crippen MR) is 84.2 cm³/mol. The highest BCUT2D eigenvalue weighted by molar-refractivity contribution is 7.99. The van der Waals surface area contributed by atoms with E-state index in [1.54, 1.807) is 43.5 Å². The molecule has 0 saturated carbocycles. The molecule has 0 fully saturated rings. The zero-order valence-corrected chi connectivity index (χ0v) is 12.5. The van der Waals surface area contributed by atoms with E-state index in [4.69, 9.17) is 4.74 Å². The Morgan fingerprint density at radius 3 is 2.81 bits per heavy atom. The van der Waals surface area contributed by atoms with Gasteiger partial charge in [0, 0.05) is 17.5 Å². The van der Waals surface area contributed by atoms with Gasteiger partial charge in [-0.25, -0.2) is 4.39 Å². The minimum atomic E-state index is -0.238. The second-order valence-electron chi connectivity index (χ2n) is 4.36. The summed E-state index contributed by atoms with van der Waals surface area (Å²) in [6.07, 6.45) is 0. The van der Waals surface area contributed by atoms with Crippen molar-refractivity contribution in [3.8, 4) is 5.75 Å². The van der Waals surface area contributed by atoms with Crippen LogP contribution >= 0.6 is 11.8 Å². The van der Waals surface area contributed by atoms with E-state index in [1.807, 2.05) is 6.07 Å². The smallest absolute Gasteiger partial charge is 0.234 e. The molecule has 0 saturated heterocycles. The maximum absolute atomic E-state index is 13.4. The minimum Gasteiger partial charge on any atom is -0.497 e. The quantitative estimate of drug-likeness (QED) is 0.884. The van der Waals surface area contributed by atoms with Crippen molar-refractivity contribution in [2.24, 2.45) is 0 Å². The lowest BCUT2D eigenvalue weighted by Gasteiger charge is -2.07. The van der Waals surface area contributed by atoms with E-state index in [9.17, 15) is 9.18 Å². The Labute approximate surface area is 127 Å². The largest absolute Gasteiger partial charge is 0.497 e. The number of halogens is 1. The maximum Gasteiger partial charge on any atom is 0.234 e. The van der Waals surface area contributed by atoms with Crippen molar-refractivity contribution < 1.29 is 13.9 Å². The fraction of sp³-hybridized carbons (Fsp3) is 0.188. The molecule has 0 heterocycles. The molecular formula is C16H16FNO2S. The number of carbonyl (C=O) groups excluding carboxylic acids is 1. The monoisotopic (exact) mass is 305 g/mol. The van der Waals surface area contributed by atoms with Gasteiger partial charge < -0.3 is 10.1 Å². The first kappa shape index (κ1) is 15.4. The molecule has 0 aromatic heterocycles. The zero-order valence-electron chi connectivity index (χ0n) is 11.6. The molecule has 2 aromatic rings. The number of carbonyl (C=O) groups is 1. The number of hydrogen-bond acceptors (Lipinski definition) is 3. The van der Waals surface area contributed by atoms with Gasteiger partial charge in [0.05, 0.1) is 12.9 Å². The van der Waals surface area contributed by atoms with Crippen LogP contribution in [-0.2, 0) is 10.5 Å². The molecule has 3 nitrogen and oxygen atoms in total. The first-order valence-corrected chi connectivity index (χ1v) is 7.59. The summed E-state index contributed by atoms with van der Waals surface area (Å²) in [7, 11) is 1.57. The summed E-state index contributed by atoms with van der Waals surface area (Å²) in [6.45, 7) is 0. The number of benzene rings is 2. The first-order chi connectivity index (χ1) is 10.2. The summed E-state index contributed by atoms with van der Waals surface area (Å²) < 4.78 is 18.5. The molecule has 0 radical (unpaired) electrons. The average molecular weight is 305 g/mol. The minimum absolute atomic E-state index is 0.121. The van der Waals surface area contributed by atoms with E-state index >= 15 is 0 Å². The van der Waals surface area contributed by atoms with Gasteiger partial charge in [0.1, 0.15) is 11.6 Å². The fourth-order valence-electron chi connectivity index (χ4n) is 1.77. The molecule has 1 N–H and O–H groups in total. The second kappa shape index (κ2) is 7.69. The van der Waals surface area contributed by atoms with E-state index in [-0.39, 0.29) is 17.5 Å². The Morgan fingerprint density at radius 2 is 2.05 bits per heavy atom. The van der Waals surface area contributed by atoms with Crippen molar-refractivity contribution in [1.82, 2.24) is 0 Å². The van der Waals surface area contributed by atoms with Gasteiger partial charge in [-0.2, -0.15) is 0 Å². The highest BCUT2D eigenvalue weighted by atomic mass is 32.2. The van der Waals surface area contributed by atoms with Crippen molar-refractivity contribution in [3.05, 3.63) is 59.9 Å². The van der Waals surface area contributed by atoms with Gasteiger partial charge >= 0.3 is 0 Å². The van der Waals surface area contributed by atoms with E-state index in [2.05, 4.69) is 5.32 Å². The third-order valence-corrected chi connectivity index (χ3v) is 3.78. The van der Waals surface area contributed by atoms with Crippen LogP contribution in [0.4, 0.5) is 10.1 Å². The number of amides is 1. The molecule has 0 spiro atoms. The predicted octanol–water partition coefficient (Wildman–Crippen LogP) is 3.71. The number of nitrogens with one attached hydrogen (secondary N) is 1. The summed E-state index contributed by atoms with van der Waals surface area (Å²) in [5.74, 6) is 1.07. The number of methoxy groups -OCH3 is 1. The van der Waals surface area contributed by atoms with Crippen molar-refractivity contribution in [3.63, 3.8) is 0 Å². The Balaban J connectivity index is 1.81. The Kier molecular flexibility index (Phi) is 5.63. The number of hydrogen-bond donors (Lipinski definition) is 1. The van der Waals surface area contributed by atoms with Gasteiger partial charge in [0.15, 0.2) is 0 Å². The van der Waals surface area contributed by atoms with Crippen LogP contribution in [0.15, 0.2) is 48.5 Å². The molecule has 21 heavy (non-hydrogen) atoms. The highest BCUT2D eigenvalue weighted by Gasteiger charge is 2.05. The molecule has 1 amide bonds. The first-order valence-electron chi connectivity index (χ1n) is 6.44. The van der Waals surface area contributed by atoms with Gasteiger partial charge in [-0.05, 0) is 23.8 Å². The standard InChI is InChI=1S/C16H16FNO2S/c1-20-14-7-4-6-13(9-14)18-16(19)11-21-10-12-5-2-3-8-15(12)17/h2-9H,10-11H2,1H3,(H,18,19). The van der Waals surface area contributed by atoms with Crippen molar-refractivity contribution >= 4 is 23.4 Å². The van der Waals surface area contributed by atoms with Crippen LogP contribution in [0.2, 0.25) is 0 Å². The van der Waals surface area contributed by atoms with Crippen LogP contribution in [0.1, 0.15) is 5.56 Å². The van der Waals surface area contributed by atoms with Crippen LogP contribution in [0.25, 0.3) is 0 Å². The number of ether oxygens (including phenoxy) is 1. The lowest BCUT2D eigenvalue weighted by molar-refractivity contribution is -0.113. The lowest BCUT2D eigenvalue weighted by atomic mass is 10.2. The van der Waals surface area contributed by atoms with Crippen LogP contribution in [0.5, 0.6) is 5.75 Å². The van der Waals surface area contributed by atoms with E-state index in [0.717, 1.165) is 0 Å². The van der Waals surface area contributed by atoms with Gasteiger partial charge in [-0.15, -0.1) is 11.8 Å². The maximum atomic E-state index is 13.4. The number of anilines is 1. The van der Waals surface area contributed by atoms with Gasteiger partial charge in [-0.3, -0.25) is 4.79 Å². The summed E-state index contributed by atoms with van der Waals surface area (Å²) in [5, 5.41) is 2.78. The Bertz CT molecular complexity index is 619. The lowest BCUT2D eigenvalue weighted by Crippen LogP contribution is -2.14. The average Bonchev–Trinajstić information content (AvgIpc) is 2.49. The molecule has 0 aliphatic heterocycles. The number of thioether (sulfide) groups is 1. The summed E-state index contributed by atoms with van der Waals surface area (Å²) in [4.78, 5) is 11.8. The molecule has 5 heteroatoms. The molecule has 0 aliphatic rings. The van der Waals surface area contributed by atoms with E-state index in [1.165, 1.54) is 17.8 Å². The fourth-order valence-corrected chi connectivity index (χ4v) is 2.58.